The minimum absolute atomic E-state index is 0.0492. The van der Waals surface area contributed by atoms with Crippen LogP contribution in [0.5, 0.6) is 5.75 Å². The predicted octanol–water partition coefficient (Wildman–Crippen LogP) is 1.91. The fourth-order valence-electron chi connectivity index (χ4n) is 2.38. The van der Waals surface area contributed by atoms with E-state index in [1.54, 1.807) is 19.2 Å². The van der Waals surface area contributed by atoms with Crippen molar-refractivity contribution in [1.29, 1.82) is 0 Å². The van der Waals surface area contributed by atoms with E-state index in [4.69, 9.17) is 10.5 Å². The highest BCUT2D eigenvalue weighted by atomic mass is 16.5. The van der Waals surface area contributed by atoms with Crippen LogP contribution in [0.4, 0.5) is 0 Å². The molecule has 1 aliphatic rings. The Hall–Kier alpha value is -1.55. The van der Waals surface area contributed by atoms with Gasteiger partial charge in [-0.1, -0.05) is 13.0 Å². The molecule has 2 rings (SSSR count). The summed E-state index contributed by atoms with van der Waals surface area (Å²) in [5, 5.41) is 9.43. The van der Waals surface area contributed by atoms with Crippen LogP contribution >= 0.6 is 0 Å². The number of nitrogens with two attached hydrogens (primary N) is 1. The fraction of sp³-hybridized carbons (Fsp3) is 0.500. The van der Waals surface area contributed by atoms with Crippen LogP contribution < -0.4 is 10.5 Å². The van der Waals surface area contributed by atoms with E-state index in [0.29, 0.717) is 5.56 Å². The van der Waals surface area contributed by atoms with Crippen molar-refractivity contribution in [2.75, 3.05) is 7.11 Å². The van der Waals surface area contributed by atoms with Crippen LogP contribution in [0.2, 0.25) is 0 Å². The van der Waals surface area contributed by atoms with Gasteiger partial charge in [-0.2, -0.15) is 0 Å². The van der Waals surface area contributed by atoms with Crippen LogP contribution in [0.15, 0.2) is 18.2 Å². The number of carboxylic acids is 1. The highest BCUT2D eigenvalue weighted by Gasteiger charge is 2.49. The maximum Gasteiger partial charge on any atom is 0.328 e. The maximum atomic E-state index is 11.5. The quantitative estimate of drug-likeness (QED) is 0.836. The summed E-state index contributed by atoms with van der Waals surface area (Å²) < 4.78 is 5.25. The third-order valence-electron chi connectivity index (χ3n) is 3.71. The van der Waals surface area contributed by atoms with Crippen LogP contribution in [-0.2, 0) is 16.8 Å². The lowest BCUT2D eigenvalue weighted by atomic mass is 9.85. The van der Waals surface area contributed by atoms with Gasteiger partial charge in [0.2, 0.25) is 0 Å². The van der Waals surface area contributed by atoms with Crippen molar-refractivity contribution in [2.45, 2.75) is 31.7 Å². The molecule has 0 spiro atoms. The molecule has 4 nitrogen and oxygen atoms in total. The van der Waals surface area contributed by atoms with Crippen LogP contribution in [-0.4, -0.2) is 18.2 Å². The van der Waals surface area contributed by atoms with Gasteiger partial charge in [-0.15, -0.1) is 0 Å². The molecule has 0 heterocycles. The van der Waals surface area contributed by atoms with E-state index in [1.165, 1.54) is 0 Å². The lowest BCUT2D eigenvalue weighted by Crippen LogP contribution is -2.47. The van der Waals surface area contributed by atoms with Crippen LogP contribution in [0.3, 0.4) is 0 Å². The third-order valence-corrected chi connectivity index (χ3v) is 3.71. The molecule has 98 valence electrons. The summed E-state index contributed by atoms with van der Waals surface area (Å²) in [5.74, 6) is -0.116. The van der Waals surface area contributed by atoms with Crippen molar-refractivity contribution in [3.63, 3.8) is 0 Å². The number of carboxylic acid groups (broad SMARTS) is 1. The molecule has 1 aromatic rings. The first-order valence-electron chi connectivity index (χ1n) is 6.23. The summed E-state index contributed by atoms with van der Waals surface area (Å²) in [6.07, 6.45) is 2.56. The van der Waals surface area contributed by atoms with Gasteiger partial charge >= 0.3 is 5.97 Å². The van der Waals surface area contributed by atoms with Gasteiger partial charge in [0.05, 0.1) is 7.11 Å². The van der Waals surface area contributed by atoms with Crippen molar-refractivity contribution in [2.24, 2.45) is 11.7 Å². The second kappa shape index (κ2) is 4.61. The molecule has 1 atom stereocenters. The second-order valence-corrected chi connectivity index (χ2v) is 4.83. The number of hydrogen-bond donors (Lipinski definition) is 2. The Morgan fingerprint density at radius 1 is 1.56 bits per heavy atom. The van der Waals surface area contributed by atoms with Gasteiger partial charge in [0, 0.05) is 0 Å². The molecule has 1 aliphatic carbocycles. The SMILES string of the molecule is CCc1cc(C(N)(C(=O)O)C2CC2)ccc1OC. The van der Waals surface area contributed by atoms with Crippen molar-refractivity contribution in [1.82, 2.24) is 0 Å². The summed E-state index contributed by atoms with van der Waals surface area (Å²) in [4.78, 5) is 11.5. The summed E-state index contributed by atoms with van der Waals surface area (Å²) in [7, 11) is 1.61. The molecule has 1 unspecified atom stereocenters. The molecule has 1 fully saturated rings. The molecular weight excluding hydrogens is 230 g/mol. The van der Waals surface area contributed by atoms with Crippen molar-refractivity contribution < 1.29 is 14.6 Å². The van der Waals surface area contributed by atoms with Crippen LogP contribution in [0.1, 0.15) is 30.9 Å². The normalized spacial score (nSPS) is 18.2. The Balaban J connectivity index is 2.46. The number of ether oxygens (including phenoxy) is 1. The molecule has 0 amide bonds. The zero-order valence-electron chi connectivity index (χ0n) is 10.8. The number of rotatable bonds is 5. The zero-order chi connectivity index (χ0) is 13.3. The Bertz CT molecular complexity index is 468. The van der Waals surface area contributed by atoms with Gasteiger partial charge < -0.3 is 15.6 Å². The van der Waals surface area contributed by atoms with E-state index in [1.807, 2.05) is 13.0 Å². The largest absolute Gasteiger partial charge is 0.496 e. The molecule has 0 bridgehead atoms. The Labute approximate surface area is 107 Å². The molecule has 0 aromatic heterocycles. The van der Waals surface area contributed by atoms with E-state index >= 15 is 0 Å². The zero-order valence-corrected chi connectivity index (χ0v) is 10.8. The van der Waals surface area contributed by atoms with Crippen molar-refractivity contribution in [3.05, 3.63) is 29.3 Å². The average molecular weight is 249 g/mol. The van der Waals surface area contributed by atoms with Gasteiger partial charge in [-0.25, -0.2) is 4.79 Å². The van der Waals surface area contributed by atoms with Crippen LogP contribution in [0.25, 0.3) is 0 Å². The maximum absolute atomic E-state index is 11.5. The van der Waals surface area contributed by atoms with Crippen LogP contribution in [0, 0.1) is 5.92 Å². The monoisotopic (exact) mass is 249 g/mol. The highest BCUT2D eigenvalue weighted by Crippen LogP contribution is 2.45. The summed E-state index contributed by atoms with van der Waals surface area (Å²) >= 11 is 0. The topological polar surface area (TPSA) is 72.6 Å². The standard InChI is InChI=1S/C14H19NO3/c1-3-9-8-11(6-7-12(9)18-2)14(15,13(16)17)10-4-5-10/h6-8,10H,3-5,15H2,1-2H3,(H,16,17). The van der Waals surface area contributed by atoms with Gasteiger partial charge in [-0.3, -0.25) is 0 Å². The summed E-state index contributed by atoms with van der Waals surface area (Å²) in [6, 6.07) is 5.44. The second-order valence-electron chi connectivity index (χ2n) is 4.83. The minimum atomic E-state index is -1.25. The molecule has 0 radical (unpaired) electrons. The molecule has 1 saturated carbocycles. The van der Waals surface area contributed by atoms with E-state index in [-0.39, 0.29) is 5.92 Å². The summed E-state index contributed by atoms with van der Waals surface area (Å²) in [5.41, 5.74) is 6.56. The number of aliphatic carboxylic acids is 1. The Kier molecular flexibility index (Phi) is 3.30. The molecule has 0 saturated heterocycles. The molecule has 0 aliphatic heterocycles. The third kappa shape index (κ3) is 1.97. The van der Waals surface area contributed by atoms with Crippen molar-refractivity contribution >= 4 is 5.97 Å². The van der Waals surface area contributed by atoms with Gasteiger partial charge in [0.25, 0.3) is 0 Å². The Morgan fingerprint density at radius 3 is 2.67 bits per heavy atom. The molecular formula is C14H19NO3. The van der Waals surface area contributed by atoms with Gasteiger partial charge in [0.1, 0.15) is 11.3 Å². The molecule has 1 aromatic carbocycles. The smallest absolute Gasteiger partial charge is 0.328 e. The predicted molar refractivity (Wildman–Crippen MR) is 68.6 cm³/mol. The first-order valence-corrected chi connectivity index (χ1v) is 6.23. The lowest BCUT2D eigenvalue weighted by Gasteiger charge is -2.26. The van der Waals surface area contributed by atoms with Gasteiger partial charge in [0.15, 0.2) is 0 Å². The van der Waals surface area contributed by atoms with E-state index in [0.717, 1.165) is 30.6 Å². The number of hydrogen-bond acceptors (Lipinski definition) is 3. The van der Waals surface area contributed by atoms with E-state index < -0.39 is 11.5 Å². The lowest BCUT2D eigenvalue weighted by molar-refractivity contribution is -0.144. The van der Waals surface area contributed by atoms with E-state index in [9.17, 15) is 9.90 Å². The summed E-state index contributed by atoms with van der Waals surface area (Å²) in [6.45, 7) is 2.01. The first kappa shape index (κ1) is 12.9. The number of benzene rings is 1. The Morgan fingerprint density at radius 2 is 2.22 bits per heavy atom. The minimum Gasteiger partial charge on any atom is -0.496 e. The van der Waals surface area contributed by atoms with Gasteiger partial charge in [-0.05, 0) is 48.4 Å². The molecule has 3 N–H and O–H groups in total. The first-order chi connectivity index (χ1) is 8.53. The average Bonchev–Trinajstić information content (AvgIpc) is 3.21. The number of methoxy groups -OCH3 is 1. The number of aryl methyl sites for hydroxylation is 1. The molecule has 4 heteroatoms. The van der Waals surface area contributed by atoms with Crippen molar-refractivity contribution in [3.8, 4) is 5.75 Å². The number of carbonyl (C=O) groups is 1. The van der Waals surface area contributed by atoms with E-state index in [2.05, 4.69) is 0 Å². The highest BCUT2D eigenvalue weighted by molar-refractivity contribution is 5.81. The fourth-order valence-corrected chi connectivity index (χ4v) is 2.38. The molecule has 18 heavy (non-hydrogen) atoms.